The van der Waals surface area contributed by atoms with Crippen LogP contribution in [0.25, 0.3) is 0 Å². The maximum Gasteiger partial charge on any atom is 0.222 e. The van der Waals surface area contributed by atoms with Crippen molar-refractivity contribution in [1.82, 2.24) is 19.6 Å². The van der Waals surface area contributed by atoms with Crippen LogP contribution >= 0.6 is 0 Å². The molecule has 0 aliphatic carbocycles. The molecule has 24 heavy (non-hydrogen) atoms. The zero-order chi connectivity index (χ0) is 16.4. The first-order valence-electron chi connectivity index (χ1n) is 8.86. The summed E-state index contributed by atoms with van der Waals surface area (Å²) < 4.78 is 2.17. The first kappa shape index (κ1) is 15.4. The van der Waals surface area contributed by atoms with Crippen LogP contribution in [0.2, 0.25) is 0 Å². The fourth-order valence-corrected chi connectivity index (χ4v) is 3.89. The summed E-state index contributed by atoms with van der Waals surface area (Å²) in [6.45, 7) is 4.66. The van der Waals surface area contributed by atoms with E-state index in [1.54, 1.807) is 0 Å². The second-order valence-corrected chi connectivity index (χ2v) is 6.85. The summed E-state index contributed by atoms with van der Waals surface area (Å²) in [4.78, 5) is 16.3. The normalized spacial score (nSPS) is 21.2. The Kier molecular flexibility index (Phi) is 4.34. The van der Waals surface area contributed by atoms with Crippen molar-refractivity contribution in [3.05, 3.63) is 53.9 Å². The molecule has 0 saturated carbocycles. The molecule has 126 valence electrons. The third kappa shape index (κ3) is 3.22. The highest BCUT2D eigenvalue weighted by molar-refractivity contribution is 5.77. The van der Waals surface area contributed by atoms with Gasteiger partial charge < -0.3 is 4.90 Å². The van der Waals surface area contributed by atoms with Gasteiger partial charge in [-0.25, -0.2) is 0 Å². The molecule has 0 bridgehead atoms. The SMILES string of the molecule is O=C1CCCN1CC[C@@H]1CN(Cc2ccccc2)Cc2ccnn21. The standard InChI is InChI=1S/C19H24N4O/c24-19-7-4-11-22(19)12-9-18-15-21(13-16-5-2-1-3-6-16)14-17-8-10-20-23(17)18/h1-3,5-6,8,10,18H,4,7,9,11-15H2/t18-/m1/s1. The first-order valence-corrected chi connectivity index (χ1v) is 8.86. The maximum absolute atomic E-state index is 11.8. The predicted molar refractivity (Wildman–Crippen MR) is 92.3 cm³/mol. The summed E-state index contributed by atoms with van der Waals surface area (Å²) in [6.07, 6.45) is 4.61. The Bertz CT molecular complexity index is 696. The molecule has 0 unspecified atom stereocenters. The number of nitrogens with zero attached hydrogens (tertiary/aromatic N) is 4. The van der Waals surface area contributed by atoms with Gasteiger partial charge in [-0.1, -0.05) is 30.3 Å². The second kappa shape index (κ2) is 6.77. The first-order chi connectivity index (χ1) is 11.8. The van der Waals surface area contributed by atoms with E-state index in [-0.39, 0.29) is 0 Å². The average Bonchev–Trinajstić information content (AvgIpc) is 3.22. The fourth-order valence-electron chi connectivity index (χ4n) is 3.89. The maximum atomic E-state index is 11.8. The summed E-state index contributed by atoms with van der Waals surface area (Å²) >= 11 is 0. The van der Waals surface area contributed by atoms with Crippen LogP contribution in [-0.2, 0) is 17.9 Å². The van der Waals surface area contributed by atoms with E-state index in [1.807, 2.05) is 11.1 Å². The average molecular weight is 324 g/mol. The Labute approximate surface area is 142 Å². The third-order valence-electron chi connectivity index (χ3n) is 5.11. The minimum Gasteiger partial charge on any atom is -0.343 e. The minimum absolute atomic E-state index is 0.313. The summed E-state index contributed by atoms with van der Waals surface area (Å²) in [5, 5.41) is 4.53. The largest absolute Gasteiger partial charge is 0.343 e. The number of fused-ring (bicyclic) bond motifs is 1. The topological polar surface area (TPSA) is 41.4 Å². The molecule has 3 heterocycles. The van der Waals surface area contributed by atoms with Gasteiger partial charge in [0, 0.05) is 45.3 Å². The number of likely N-dealkylation sites (tertiary alicyclic amines) is 1. The molecule has 2 aliphatic heterocycles. The van der Waals surface area contributed by atoms with Gasteiger partial charge in [0.05, 0.1) is 11.7 Å². The summed E-state index contributed by atoms with van der Waals surface area (Å²) in [6, 6.07) is 13.1. The van der Waals surface area contributed by atoms with Crippen molar-refractivity contribution in [2.75, 3.05) is 19.6 Å². The van der Waals surface area contributed by atoms with Crippen LogP contribution in [0.3, 0.4) is 0 Å². The predicted octanol–water partition coefficient (Wildman–Crippen LogP) is 2.45. The lowest BCUT2D eigenvalue weighted by molar-refractivity contribution is -0.127. The van der Waals surface area contributed by atoms with E-state index in [0.29, 0.717) is 11.9 Å². The van der Waals surface area contributed by atoms with E-state index in [9.17, 15) is 4.79 Å². The minimum atomic E-state index is 0.313. The molecule has 1 fully saturated rings. The molecule has 1 aromatic carbocycles. The monoisotopic (exact) mass is 324 g/mol. The van der Waals surface area contributed by atoms with Crippen LogP contribution in [0.15, 0.2) is 42.6 Å². The van der Waals surface area contributed by atoms with Crippen LogP contribution in [0.4, 0.5) is 0 Å². The van der Waals surface area contributed by atoms with Gasteiger partial charge in [0.25, 0.3) is 0 Å². The zero-order valence-electron chi connectivity index (χ0n) is 14.0. The van der Waals surface area contributed by atoms with Gasteiger partial charge in [-0.15, -0.1) is 0 Å². The van der Waals surface area contributed by atoms with E-state index in [0.717, 1.165) is 52.0 Å². The number of aromatic nitrogens is 2. The van der Waals surface area contributed by atoms with E-state index in [4.69, 9.17) is 0 Å². The smallest absolute Gasteiger partial charge is 0.222 e. The Hall–Kier alpha value is -2.14. The Balaban J connectivity index is 1.44. The Morgan fingerprint density at radius 1 is 1.17 bits per heavy atom. The lowest BCUT2D eigenvalue weighted by Gasteiger charge is -2.34. The second-order valence-electron chi connectivity index (χ2n) is 6.85. The molecule has 2 aromatic rings. The highest BCUT2D eigenvalue weighted by atomic mass is 16.2. The fraction of sp³-hybridized carbons (Fsp3) is 0.474. The van der Waals surface area contributed by atoms with Crippen LogP contribution in [0, 0.1) is 0 Å². The Morgan fingerprint density at radius 3 is 2.83 bits per heavy atom. The van der Waals surface area contributed by atoms with E-state index in [1.165, 1.54) is 11.3 Å². The molecule has 5 nitrogen and oxygen atoms in total. The van der Waals surface area contributed by atoms with Crippen molar-refractivity contribution >= 4 is 5.91 Å². The molecule has 4 rings (SSSR count). The van der Waals surface area contributed by atoms with Crippen molar-refractivity contribution in [2.24, 2.45) is 0 Å². The summed E-state index contributed by atoms with van der Waals surface area (Å²) in [5.74, 6) is 0.313. The third-order valence-corrected chi connectivity index (χ3v) is 5.11. The molecule has 0 N–H and O–H groups in total. The van der Waals surface area contributed by atoms with Crippen LogP contribution in [0.1, 0.15) is 36.6 Å². The molecular formula is C19H24N4O. The van der Waals surface area contributed by atoms with Gasteiger partial charge in [0.1, 0.15) is 0 Å². The molecule has 1 saturated heterocycles. The van der Waals surface area contributed by atoms with Crippen molar-refractivity contribution in [3.8, 4) is 0 Å². The summed E-state index contributed by atoms with van der Waals surface area (Å²) in [7, 11) is 0. The number of hydrogen-bond donors (Lipinski definition) is 0. The van der Waals surface area contributed by atoms with Gasteiger partial charge in [0.15, 0.2) is 0 Å². The molecule has 1 aromatic heterocycles. The highest BCUT2D eigenvalue weighted by Crippen LogP contribution is 2.25. The van der Waals surface area contributed by atoms with Crippen LogP contribution in [0.5, 0.6) is 0 Å². The van der Waals surface area contributed by atoms with E-state index >= 15 is 0 Å². The number of hydrogen-bond acceptors (Lipinski definition) is 3. The van der Waals surface area contributed by atoms with E-state index in [2.05, 4.69) is 51.1 Å². The van der Waals surface area contributed by atoms with Crippen molar-refractivity contribution in [1.29, 1.82) is 0 Å². The highest BCUT2D eigenvalue weighted by Gasteiger charge is 2.27. The van der Waals surface area contributed by atoms with Crippen molar-refractivity contribution < 1.29 is 4.79 Å². The van der Waals surface area contributed by atoms with Gasteiger partial charge in [-0.2, -0.15) is 5.10 Å². The lowest BCUT2D eigenvalue weighted by Crippen LogP contribution is -2.39. The van der Waals surface area contributed by atoms with Crippen molar-refractivity contribution in [3.63, 3.8) is 0 Å². The molecule has 2 aliphatic rings. The van der Waals surface area contributed by atoms with Crippen LogP contribution < -0.4 is 0 Å². The molecular weight excluding hydrogens is 300 g/mol. The quantitative estimate of drug-likeness (QED) is 0.848. The van der Waals surface area contributed by atoms with Crippen molar-refractivity contribution in [2.45, 2.75) is 38.4 Å². The lowest BCUT2D eigenvalue weighted by atomic mass is 10.1. The molecule has 1 amide bonds. The number of benzene rings is 1. The molecule has 0 spiro atoms. The number of amides is 1. The molecule has 1 atom stereocenters. The number of carbonyl (C=O) groups is 1. The molecule has 5 heteroatoms. The van der Waals surface area contributed by atoms with Gasteiger partial charge in [0.2, 0.25) is 5.91 Å². The number of rotatable bonds is 5. The molecule has 0 radical (unpaired) electrons. The zero-order valence-corrected chi connectivity index (χ0v) is 14.0. The van der Waals surface area contributed by atoms with Crippen LogP contribution in [-0.4, -0.2) is 45.1 Å². The summed E-state index contributed by atoms with van der Waals surface area (Å²) in [5.41, 5.74) is 2.62. The van der Waals surface area contributed by atoms with Gasteiger partial charge in [-0.3, -0.25) is 14.4 Å². The van der Waals surface area contributed by atoms with Gasteiger partial charge in [-0.05, 0) is 24.5 Å². The van der Waals surface area contributed by atoms with Gasteiger partial charge >= 0.3 is 0 Å². The number of carbonyl (C=O) groups excluding carboxylic acids is 1. The Morgan fingerprint density at radius 2 is 2.04 bits per heavy atom. The van der Waals surface area contributed by atoms with E-state index < -0.39 is 0 Å².